The van der Waals surface area contributed by atoms with E-state index in [2.05, 4.69) is 15.6 Å². The average molecular weight is 414 g/mol. The van der Waals surface area contributed by atoms with Crippen LogP contribution in [0.1, 0.15) is 34.7 Å². The Morgan fingerprint density at radius 3 is 2.24 bits per heavy atom. The van der Waals surface area contributed by atoms with Crippen LogP contribution < -0.4 is 5.32 Å². The fourth-order valence-electron chi connectivity index (χ4n) is 2.65. The van der Waals surface area contributed by atoms with Crippen LogP contribution >= 0.6 is 0 Å². The van der Waals surface area contributed by atoms with Gasteiger partial charge in [-0.3, -0.25) is 4.79 Å². The lowest BCUT2D eigenvalue weighted by Gasteiger charge is -2.16. The van der Waals surface area contributed by atoms with Gasteiger partial charge < -0.3 is 5.32 Å². The van der Waals surface area contributed by atoms with Gasteiger partial charge in [0.05, 0.1) is 11.7 Å². The summed E-state index contributed by atoms with van der Waals surface area (Å²) in [4.78, 5) is 12.4. The topological polar surface area (TPSA) is 59.8 Å². The third kappa shape index (κ3) is 4.23. The molecule has 3 rings (SSSR count). The molecule has 1 aromatic heterocycles. The number of carbonyl (C=O) groups is 1. The first-order valence-electron chi connectivity index (χ1n) is 8.12. The summed E-state index contributed by atoms with van der Waals surface area (Å²) >= 11 is 0. The molecule has 0 saturated heterocycles. The maximum atomic E-state index is 13.8. The molecule has 1 amide bonds. The Bertz CT molecular complexity index is 1050. The van der Waals surface area contributed by atoms with Crippen molar-refractivity contribution in [1.29, 1.82) is 0 Å². The SMILES string of the molecule is CC(NC(=O)c1nnn(-c2ccc(F)cc2)c1C(F)(F)F)c1ccc(F)cc1F. The first-order valence-corrected chi connectivity index (χ1v) is 8.12. The van der Waals surface area contributed by atoms with Crippen molar-refractivity contribution in [2.24, 2.45) is 0 Å². The summed E-state index contributed by atoms with van der Waals surface area (Å²) in [5, 5.41) is 8.83. The molecule has 0 fully saturated rings. The summed E-state index contributed by atoms with van der Waals surface area (Å²) in [6, 6.07) is 5.45. The molecule has 0 saturated carbocycles. The molecule has 0 aliphatic heterocycles. The minimum atomic E-state index is -5.02. The van der Waals surface area contributed by atoms with Crippen molar-refractivity contribution < 1.29 is 31.1 Å². The van der Waals surface area contributed by atoms with E-state index in [4.69, 9.17) is 0 Å². The van der Waals surface area contributed by atoms with Gasteiger partial charge in [-0.2, -0.15) is 13.2 Å². The number of benzene rings is 2. The van der Waals surface area contributed by atoms with Gasteiger partial charge >= 0.3 is 6.18 Å². The fourth-order valence-corrected chi connectivity index (χ4v) is 2.65. The molecule has 0 aliphatic carbocycles. The van der Waals surface area contributed by atoms with Crippen molar-refractivity contribution in [2.75, 3.05) is 0 Å². The number of halogens is 6. The van der Waals surface area contributed by atoms with Crippen LogP contribution in [0.25, 0.3) is 5.69 Å². The molecule has 0 radical (unpaired) electrons. The van der Waals surface area contributed by atoms with Crippen molar-refractivity contribution in [3.63, 3.8) is 0 Å². The molecular formula is C18H12F6N4O. The van der Waals surface area contributed by atoms with Crippen molar-refractivity contribution in [2.45, 2.75) is 19.1 Å². The van der Waals surface area contributed by atoms with E-state index in [9.17, 15) is 31.1 Å². The van der Waals surface area contributed by atoms with Crippen LogP contribution in [0.3, 0.4) is 0 Å². The second-order valence-electron chi connectivity index (χ2n) is 6.03. The zero-order chi connectivity index (χ0) is 21.3. The normalized spacial score (nSPS) is 12.7. The van der Waals surface area contributed by atoms with E-state index in [1.165, 1.54) is 6.92 Å². The molecule has 1 unspecified atom stereocenters. The number of rotatable bonds is 4. The van der Waals surface area contributed by atoms with Gasteiger partial charge in [0.15, 0.2) is 11.4 Å². The average Bonchev–Trinajstić information content (AvgIpc) is 3.07. The molecule has 152 valence electrons. The Morgan fingerprint density at radius 2 is 1.66 bits per heavy atom. The lowest BCUT2D eigenvalue weighted by atomic mass is 10.1. The van der Waals surface area contributed by atoms with Gasteiger partial charge in [-0.05, 0) is 37.3 Å². The van der Waals surface area contributed by atoms with Crippen LogP contribution in [0.4, 0.5) is 26.3 Å². The highest BCUT2D eigenvalue weighted by Crippen LogP contribution is 2.33. The van der Waals surface area contributed by atoms with Gasteiger partial charge in [0.2, 0.25) is 0 Å². The zero-order valence-corrected chi connectivity index (χ0v) is 14.6. The number of amides is 1. The summed E-state index contributed by atoms with van der Waals surface area (Å²) in [5.41, 5.74) is -2.81. The predicted octanol–water partition coefficient (Wildman–Crippen LogP) is 4.19. The zero-order valence-electron chi connectivity index (χ0n) is 14.6. The van der Waals surface area contributed by atoms with E-state index in [1.54, 1.807) is 0 Å². The van der Waals surface area contributed by atoms with E-state index in [0.717, 1.165) is 36.4 Å². The Balaban J connectivity index is 1.95. The summed E-state index contributed by atoms with van der Waals surface area (Å²) in [6.07, 6.45) is -5.02. The van der Waals surface area contributed by atoms with Crippen molar-refractivity contribution >= 4 is 5.91 Å². The van der Waals surface area contributed by atoms with Crippen LogP contribution in [-0.2, 0) is 6.18 Å². The van der Waals surface area contributed by atoms with E-state index in [1.807, 2.05) is 0 Å². The van der Waals surface area contributed by atoms with Gasteiger partial charge in [-0.15, -0.1) is 5.10 Å². The second kappa shape index (κ2) is 7.57. The number of nitrogens with zero attached hydrogens (tertiary/aromatic N) is 3. The largest absolute Gasteiger partial charge is 0.435 e. The standard InChI is InChI=1S/C18H12F6N4O/c1-9(13-7-4-11(20)8-14(13)21)25-17(29)15-16(18(22,23)24)28(27-26-15)12-5-2-10(19)3-6-12/h2-9H,1H3,(H,25,29). The molecule has 1 N–H and O–H groups in total. The minimum Gasteiger partial charge on any atom is -0.344 e. The molecule has 2 aromatic carbocycles. The number of hydrogen-bond acceptors (Lipinski definition) is 3. The molecule has 1 atom stereocenters. The predicted molar refractivity (Wildman–Crippen MR) is 88.6 cm³/mol. The molecule has 3 aromatic rings. The summed E-state index contributed by atoms with van der Waals surface area (Å²) in [6.45, 7) is 1.31. The number of nitrogens with one attached hydrogen (secondary N) is 1. The van der Waals surface area contributed by atoms with E-state index in [-0.39, 0.29) is 11.3 Å². The molecular weight excluding hydrogens is 402 g/mol. The highest BCUT2D eigenvalue weighted by molar-refractivity contribution is 5.93. The minimum absolute atomic E-state index is 0.126. The molecule has 1 heterocycles. The molecule has 0 aliphatic rings. The highest BCUT2D eigenvalue weighted by Gasteiger charge is 2.42. The molecule has 11 heteroatoms. The summed E-state index contributed by atoms with van der Waals surface area (Å²) in [7, 11) is 0. The van der Waals surface area contributed by atoms with Crippen LogP contribution in [0, 0.1) is 17.5 Å². The monoisotopic (exact) mass is 414 g/mol. The van der Waals surface area contributed by atoms with Gasteiger partial charge in [0, 0.05) is 11.6 Å². The van der Waals surface area contributed by atoms with Crippen LogP contribution in [-0.4, -0.2) is 20.9 Å². The van der Waals surface area contributed by atoms with Crippen molar-refractivity contribution in [1.82, 2.24) is 20.3 Å². The van der Waals surface area contributed by atoms with Gasteiger partial charge in [-0.25, -0.2) is 17.9 Å². The lowest BCUT2D eigenvalue weighted by molar-refractivity contribution is -0.143. The molecule has 29 heavy (non-hydrogen) atoms. The Morgan fingerprint density at radius 1 is 1.03 bits per heavy atom. The van der Waals surface area contributed by atoms with Gasteiger partial charge in [0.25, 0.3) is 5.91 Å². The maximum Gasteiger partial charge on any atom is 0.435 e. The van der Waals surface area contributed by atoms with Crippen LogP contribution in [0.5, 0.6) is 0 Å². The fraction of sp³-hybridized carbons (Fsp3) is 0.167. The molecule has 0 bridgehead atoms. The Hall–Kier alpha value is -3.37. The van der Waals surface area contributed by atoms with E-state index in [0.29, 0.717) is 10.7 Å². The third-order valence-corrected chi connectivity index (χ3v) is 4.00. The number of carbonyl (C=O) groups excluding carboxylic acids is 1. The Labute approximate surface area is 160 Å². The first kappa shape index (κ1) is 20.4. The highest BCUT2D eigenvalue weighted by atomic mass is 19.4. The van der Waals surface area contributed by atoms with Crippen LogP contribution in [0.2, 0.25) is 0 Å². The maximum absolute atomic E-state index is 13.8. The van der Waals surface area contributed by atoms with E-state index >= 15 is 0 Å². The third-order valence-electron chi connectivity index (χ3n) is 4.00. The van der Waals surface area contributed by atoms with Gasteiger partial charge in [-0.1, -0.05) is 11.3 Å². The number of hydrogen-bond donors (Lipinski definition) is 1. The number of alkyl halides is 3. The second-order valence-corrected chi connectivity index (χ2v) is 6.03. The Kier molecular flexibility index (Phi) is 5.31. The van der Waals surface area contributed by atoms with Crippen molar-refractivity contribution in [3.05, 3.63) is 76.9 Å². The van der Waals surface area contributed by atoms with Gasteiger partial charge in [0.1, 0.15) is 17.5 Å². The van der Waals surface area contributed by atoms with Crippen molar-refractivity contribution in [3.8, 4) is 5.69 Å². The molecule has 5 nitrogen and oxygen atoms in total. The first-order chi connectivity index (χ1) is 13.6. The quantitative estimate of drug-likeness (QED) is 0.652. The van der Waals surface area contributed by atoms with Crippen LogP contribution in [0.15, 0.2) is 42.5 Å². The molecule has 0 spiro atoms. The summed E-state index contributed by atoms with van der Waals surface area (Å²) < 4.78 is 81.0. The van der Waals surface area contributed by atoms with E-state index < -0.39 is 47.0 Å². The summed E-state index contributed by atoms with van der Waals surface area (Å²) in [5.74, 6) is -3.74. The smallest absolute Gasteiger partial charge is 0.344 e. The lowest BCUT2D eigenvalue weighted by Crippen LogP contribution is -2.30. The number of aromatic nitrogens is 3.